The maximum Gasteiger partial charge on any atom is 0.269 e. The molecule has 0 aromatic carbocycles. The van der Waals surface area contributed by atoms with E-state index in [1.807, 2.05) is 0 Å². The number of morpholine rings is 1. The lowest BCUT2D eigenvalue weighted by atomic mass is 10.1. The molecule has 5 atom stereocenters. The van der Waals surface area contributed by atoms with E-state index in [0.717, 1.165) is 0 Å². The van der Waals surface area contributed by atoms with Crippen LogP contribution < -0.4 is 5.73 Å². The summed E-state index contributed by atoms with van der Waals surface area (Å²) >= 11 is 0. The van der Waals surface area contributed by atoms with Crippen LogP contribution in [0.2, 0.25) is 0 Å². The lowest BCUT2D eigenvalue weighted by Gasteiger charge is -2.32. The molecule has 13 heteroatoms. The van der Waals surface area contributed by atoms with Crippen molar-refractivity contribution in [1.82, 2.24) is 19.4 Å². The fourth-order valence-corrected chi connectivity index (χ4v) is 4.29. The van der Waals surface area contributed by atoms with Crippen LogP contribution in [0, 0.1) is 5.41 Å². The molecule has 0 bridgehead atoms. The normalized spacial score (nSPS) is 32.4. The highest BCUT2D eigenvalue weighted by Crippen LogP contribution is 2.47. The Bertz CT molecular complexity index is 694. The molecule has 0 aliphatic carbocycles. The average Bonchev–Trinajstić information content (AvgIpc) is 3.21. The third-order valence-corrected chi connectivity index (χ3v) is 6.38. The minimum Gasteiger partial charge on any atom is -0.387 e. The van der Waals surface area contributed by atoms with Crippen molar-refractivity contribution in [3.8, 4) is 0 Å². The van der Waals surface area contributed by atoms with Crippen molar-refractivity contribution in [2.75, 3.05) is 39.6 Å². The topological polar surface area (TPSA) is 169 Å². The van der Waals surface area contributed by atoms with Crippen molar-refractivity contribution in [3.05, 3.63) is 12.2 Å². The molecule has 2 aliphatic heterocycles. The van der Waals surface area contributed by atoms with Gasteiger partial charge in [-0.3, -0.25) is 9.97 Å². The zero-order valence-corrected chi connectivity index (χ0v) is 15.2. The zero-order valence-electron chi connectivity index (χ0n) is 14.3. The highest BCUT2D eigenvalue weighted by Gasteiger charge is 2.45. The minimum atomic E-state index is -3.07. The van der Waals surface area contributed by atoms with Gasteiger partial charge < -0.3 is 29.9 Å². The van der Waals surface area contributed by atoms with Gasteiger partial charge >= 0.3 is 0 Å². The number of hydrogen-bond donors (Lipinski definition) is 4. The molecule has 1 aromatic rings. The Morgan fingerprint density at radius 3 is 2.77 bits per heavy atom. The van der Waals surface area contributed by atoms with E-state index >= 15 is 0 Å². The van der Waals surface area contributed by atoms with E-state index in [4.69, 9.17) is 25.1 Å². The quantitative estimate of drug-likeness (QED) is 0.251. The number of hydrogen-bond acceptors (Lipinski definition) is 9. The number of nitrogens with zero attached hydrogens (tertiary/aromatic N) is 4. The van der Waals surface area contributed by atoms with E-state index in [1.54, 1.807) is 4.67 Å². The zero-order chi connectivity index (χ0) is 18.9. The molecule has 0 saturated carbocycles. The molecule has 12 nitrogen and oxygen atoms in total. The molecule has 5 N–H and O–H groups in total. The van der Waals surface area contributed by atoms with Gasteiger partial charge in [0.15, 0.2) is 12.1 Å². The van der Waals surface area contributed by atoms with Gasteiger partial charge in [0.1, 0.15) is 24.6 Å². The number of nitrogen functional groups attached to an aromatic ring is 1. The Morgan fingerprint density at radius 1 is 1.46 bits per heavy atom. The summed E-state index contributed by atoms with van der Waals surface area (Å²) in [4.78, 5) is 3.83. The first-order valence-corrected chi connectivity index (χ1v) is 10.1. The number of nitrogens with one attached hydrogen (secondary N) is 1. The molecule has 2 saturated heterocycles. The lowest BCUT2D eigenvalue weighted by Crippen LogP contribution is -2.36. The van der Waals surface area contributed by atoms with Crippen molar-refractivity contribution < 1.29 is 28.8 Å². The standard InChI is InChI=1S/C13H23N6O6P/c1-26(22,18-2-4-23-5-3-18)24-6-8-9(20)10(21)13(25-8)19-7-16-12(17-19)11(14)15/h7-10,13,20-21H,2-6H2,1H3,(H3,14,15). The molecule has 0 amide bonds. The third kappa shape index (κ3) is 3.96. The van der Waals surface area contributed by atoms with Crippen molar-refractivity contribution >= 4 is 13.4 Å². The van der Waals surface area contributed by atoms with Gasteiger partial charge in [-0.25, -0.2) is 14.3 Å². The summed E-state index contributed by atoms with van der Waals surface area (Å²) in [5.41, 5.74) is 5.31. The molecule has 5 unspecified atom stereocenters. The van der Waals surface area contributed by atoms with Gasteiger partial charge in [-0.1, -0.05) is 0 Å². The largest absolute Gasteiger partial charge is 0.387 e. The SMILES string of the molecule is CP(=O)(OCC1OC(n2cnc(C(=N)N)n2)C(O)C1O)N1CCOCC1. The first kappa shape index (κ1) is 19.4. The predicted molar refractivity (Wildman–Crippen MR) is 88.8 cm³/mol. The van der Waals surface area contributed by atoms with Gasteiger partial charge in [-0.05, 0) is 0 Å². The molecule has 3 rings (SSSR count). The van der Waals surface area contributed by atoms with Crippen molar-refractivity contribution in [2.45, 2.75) is 24.5 Å². The van der Waals surface area contributed by atoms with Gasteiger partial charge in [0.25, 0.3) is 7.52 Å². The van der Waals surface area contributed by atoms with Crippen molar-refractivity contribution in [1.29, 1.82) is 5.41 Å². The second kappa shape index (κ2) is 7.69. The van der Waals surface area contributed by atoms with Crippen molar-refractivity contribution in [3.63, 3.8) is 0 Å². The second-order valence-corrected chi connectivity index (χ2v) is 8.60. The van der Waals surface area contributed by atoms with Crippen molar-refractivity contribution in [2.24, 2.45) is 5.73 Å². The van der Waals surface area contributed by atoms with Gasteiger partial charge in [0.2, 0.25) is 5.82 Å². The number of nitrogens with two attached hydrogens (primary N) is 1. The Hall–Kier alpha value is -1.40. The van der Waals surface area contributed by atoms with E-state index in [9.17, 15) is 14.8 Å². The highest BCUT2D eigenvalue weighted by atomic mass is 31.2. The number of aromatic nitrogens is 3. The number of aliphatic hydroxyl groups excluding tert-OH is 2. The first-order chi connectivity index (χ1) is 12.3. The fraction of sp³-hybridized carbons (Fsp3) is 0.769. The number of ether oxygens (including phenoxy) is 2. The van der Waals surface area contributed by atoms with Gasteiger partial charge in [0, 0.05) is 19.8 Å². The molecule has 0 radical (unpaired) electrons. The number of amidine groups is 1. The Labute approximate surface area is 149 Å². The van der Waals surface area contributed by atoms with E-state index in [0.29, 0.717) is 26.3 Å². The maximum absolute atomic E-state index is 12.7. The molecule has 2 fully saturated rings. The molecule has 3 heterocycles. The van der Waals surface area contributed by atoms with Crippen LogP contribution in [-0.4, -0.2) is 93.4 Å². The molecular formula is C13H23N6O6P. The van der Waals surface area contributed by atoms with Crippen LogP contribution in [0.3, 0.4) is 0 Å². The van der Waals surface area contributed by atoms with Crippen LogP contribution in [0.15, 0.2) is 6.33 Å². The summed E-state index contributed by atoms with van der Waals surface area (Å²) in [6, 6.07) is 0. The van der Waals surface area contributed by atoms with E-state index < -0.39 is 32.1 Å². The van der Waals surface area contributed by atoms with Gasteiger partial charge in [-0.2, -0.15) is 0 Å². The fourth-order valence-electron chi connectivity index (χ4n) is 2.82. The molecule has 146 valence electrons. The van der Waals surface area contributed by atoms with Crippen LogP contribution in [0.5, 0.6) is 0 Å². The Balaban J connectivity index is 1.62. The van der Waals surface area contributed by atoms with Crippen LogP contribution in [-0.2, 0) is 18.6 Å². The lowest BCUT2D eigenvalue weighted by molar-refractivity contribution is -0.0564. The van der Waals surface area contributed by atoms with Gasteiger partial charge in [0.05, 0.1) is 19.8 Å². The molecule has 2 aliphatic rings. The second-order valence-electron chi connectivity index (χ2n) is 6.17. The number of rotatable bonds is 6. The summed E-state index contributed by atoms with van der Waals surface area (Å²) in [5.74, 6) is -0.338. The third-order valence-electron chi connectivity index (χ3n) is 4.33. The molecular weight excluding hydrogens is 367 g/mol. The smallest absolute Gasteiger partial charge is 0.269 e. The predicted octanol–water partition coefficient (Wildman–Crippen LogP) is -1.65. The van der Waals surface area contributed by atoms with E-state index in [1.165, 1.54) is 17.7 Å². The molecule has 26 heavy (non-hydrogen) atoms. The van der Waals surface area contributed by atoms with E-state index in [2.05, 4.69) is 10.1 Å². The average molecular weight is 390 g/mol. The summed E-state index contributed by atoms with van der Waals surface area (Å²) in [5, 5.41) is 31.7. The maximum atomic E-state index is 12.7. The van der Waals surface area contributed by atoms with Crippen LogP contribution >= 0.6 is 7.52 Å². The van der Waals surface area contributed by atoms with Crippen LogP contribution in [0.25, 0.3) is 0 Å². The summed E-state index contributed by atoms with van der Waals surface area (Å²) in [6.07, 6.45) is -3.20. The molecule has 0 spiro atoms. The van der Waals surface area contributed by atoms with E-state index in [-0.39, 0.29) is 18.3 Å². The first-order valence-electron chi connectivity index (χ1n) is 8.12. The number of aliphatic hydroxyl groups is 2. The monoisotopic (exact) mass is 390 g/mol. The summed E-state index contributed by atoms with van der Waals surface area (Å²) in [6.45, 7) is 3.31. The highest BCUT2D eigenvalue weighted by molar-refractivity contribution is 7.55. The molecule has 1 aromatic heterocycles. The van der Waals surface area contributed by atoms with Gasteiger partial charge in [-0.15, -0.1) is 5.10 Å². The minimum absolute atomic E-state index is 0.0135. The summed E-state index contributed by atoms with van der Waals surface area (Å²) in [7, 11) is -3.07. The Morgan fingerprint density at radius 2 is 2.15 bits per heavy atom. The summed E-state index contributed by atoms with van der Waals surface area (Å²) < 4.78 is 32.0. The van der Waals surface area contributed by atoms with Crippen LogP contribution in [0.4, 0.5) is 0 Å². The van der Waals surface area contributed by atoms with Crippen LogP contribution in [0.1, 0.15) is 12.1 Å². The Kier molecular flexibility index (Phi) is 5.72.